The molecule has 0 spiro atoms. The summed E-state index contributed by atoms with van der Waals surface area (Å²) >= 11 is 0. The Morgan fingerprint density at radius 2 is 2.05 bits per heavy atom. The molecule has 2 heterocycles. The Labute approximate surface area is 105 Å². The topological polar surface area (TPSA) is 123 Å². The van der Waals surface area contributed by atoms with Crippen molar-refractivity contribution in [2.75, 3.05) is 7.05 Å². The van der Waals surface area contributed by atoms with Crippen LogP contribution >= 0.6 is 0 Å². The summed E-state index contributed by atoms with van der Waals surface area (Å²) in [5.41, 5.74) is -0.341. The third kappa shape index (κ3) is 2.20. The zero-order valence-corrected chi connectivity index (χ0v) is 9.58. The Bertz CT molecular complexity index is 629. The summed E-state index contributed by atoms with van der Waals surface area (Å²) in [4.78, 5) is 44.7. The van der Waals surface area contributed by atoms with Gasteiger partial charge < -0.3 is 4.42 Å². The molecule has 98 valence electrons. The second-order valence-corrected chi connectivity index (χ2v) is 3.61. The highest BCUT2D eigenvalue weighted by Gasteiger charge is 2.33. The predicted octanol–water partition coefficient (Wildman–Crippen LogP) is 0.279. The maximum absolute atomic E-state index is 11.7. The quantitative estimate of drug-likeness (QED) is 0.354. The molecule has 0 aromatic carbocycles. The Kier molecular flexibility index (Phi) is 2.87. The van der Waals surface area contributed by atoms with E-state index in [2.05, 4.69) is 0 Å². The molecule has 0 bridgehead atoms. The van der Waals surface area contributed by atoms with Gasteiger partial charge in [-0.1, -0.05) is 0 Å². The first-order chi connectivity index (χ1) is 8.90. The van der Waals surface area contributed by atoms with Crippen LogP contribution in [0, 0.1) is 10.1 Å². The number of amides is 4. The number of likely N-dealkylation sites (N-methyl/N-ethyl adjacent to an activating group) is 1. The first kappa shape index (κ1) is 12.5. The lowest BCUT2D eigenvalue weighted by Gasteiger charge is -2.21. The van der Waals surface area contributed by atoms with Gasteiger partial charge >= 0.3 is 11.9 Å². The van der Waals surface area contributed by atoms with E-state index in [0.29, 0.717) is 4.90 Å². The molecule has 0 atom stereocenters. The molecule has 1 fully saturated rings. The summed E-state index contributed by atoms with van der Waals surface area (Å²) in [5, 5.41) is 12.4. The zero-order chi connectivity index (χ0) is 14.2. The van der Waals surface area contributed by atoms with Gasteiger partial charge in [0.2, 0.25) is 0 Å². The van der Waals surface area contributed by atoms with E-state index in [1.807, 2.05) is 5.32 Å². The molecule has 4 amide bonds. The average Bonchev–Trinajstić information content (AvgIpc) is 2.81. The van der Waals surface area contributed by atoms with Crippen LogP contribution in [0.5, 0.6) is 0 Å². The highest BCUT2D eigenvalue weighted by atomic mass is 16.6. The summed E-state index contributed by atoms with van der Waals surface area (Å²) < 4.78 is 4.80. The van der Waals surface area contributed by atoms with Gasteiger partial charge in [-0.05, 0) is 12.1 Å². The molecular formula is C10H7N3O6. The molecule has 0 saturated carbocycles. The number of rotatable bonds is 2. The Morgan fingerprint density at radius 1 is 1.37 bits per heavy atom. The molecule has 1 aliphatic rings. The van der Waals surface area contributed by atoms with Crippen molar-refractivity contribution in [1.29, 1.82) is 0 Å². The van der Waals surface area contributed by atoms with Crippen molar-refractivity contribution >= 4 is 29.8 Å². The molecule has 9 heteroatoms. The first-order valence-corrected chi connectivity index (χ1v) is 4.99. The standard InChI is InChI=1S/C10H7N3O6/c1-12-9(15)6(8(14)11-10(12)16)4-5-2-3-7(19-5)13(17)18/h2-4H,1H3,(H,11,14,16). The number of hydrogen-bond acceptors (Lipinski definition) is 6. The Hall–Kier alpha value is -2.97. The third-order valence-electron chi connectivity index (χ3n) is 2.38. The highest BCUT2D eigenvalue weighted by molar-refractivity contribution is 6.30. The number of carbonyl (C=O) groups excluding carboxylic acids is 3. The number of nitrogens with zero attached hydrogens (tertiary/aromatic N) is 2. The van der Waals surface area contributed by atoms with Crippen LogP contribution in [0.25, 0.3) is 6.08 Å². The smallest absolute Gasteiger partial charge is 0.401 e. The van der Waals surface area contributed by atoms with E-state index in [-0.39, 0.29) is 11.3 Å². The molecule has 1 aliphatic heterocycles. The van der Waals surface area contributed by atoms with Crippen LogP contribution in [0.3, 0.4) is 0 Å². The molecule has 0 aliphatic carbocycles. The van der Waals surface area contributed by atoms with E-state index in [1.165, 1.54) is 13.1 Å². The summed E-state index contributed by atoms with van der Waals surface area (Å²) in [6, 6.07) is 1.49. The number of nitrogens with one attached hydrogen (secondary N) is 1. The van der Waals surface area contributed by atoms with Crippen LogP contribution in [0.2, 0.25) is 0 Å². The molecule has 1 aromatic heterocycles. The van der Waals surface area contributed by atoms with Gasteiger partial charge in [-0.3, -0.25) is 29.9 Å². The lowest BCUT2D eigenvalue weighted by Crippen LogP contribution is -2.52. The van der Waals surface area contributed by atoms with Gasteiger partial charge in [0.1, 0.15) is 16.3 Å². The molecule has 9 nitrogen and oxygen atoms in total. The van der Waals surface area contributed by atoms with Crippen LogP contribution in [-0.4, -0.2) is 34.7 Å². The van der Waals surface area contributed by atoms with Gasteiger partial charge in [-0.15, -0.1) is 0 Å². The summed E-state index contributed by atoms with van der Waals surface area (Å²) in [7, 11) is 1.20. The van der Waals surface area contributed by atoms with Crippen molar-refractivity contribution in [2.45, 2.75) is 0 Å². The molecule has 0 radical (unpaired) electrons. The minimum absolute atomic E-state index is 0.0343. The first-order valence-electron chi connectivity index (χ1n) is 4.99. The lowest BCUT2D eigenvalue weighted by atomic mass is 10.1. The van der Waals surface area contributed by atoms with Crippen molar-refractivity contribution in [3.63, 3.8) is 0 Å². The second-order valence-electron chi connectivity index (χ2n) is 3.61. The van der Waals surface area contributed by atoms with E-state index in [4.69, 9.17) is 4.42 Å². The van der Waals surface area contributed by atoms with E-state index < -0.39 is 28.7 Å². The van der Waals surface area contributed by atoms with Gasteiger partial charge in [-0.2, -0.15) is 0 Å². The van der Waals surface area contributed by atoms with Crippen molar-refractivity contribution in [1.82, 2.24) is 10.2 Å². The van der Waals surface area contributed by atoms with Crippen molar-refractivity contribution in [3.8, 4) is 0 Å². The number of nitro groups is 1. The van der Waals surface area contributed by atoms with Crippen LogP contribution in [-0.2, 0) is 9.59 Å². The van der Waals surface area contributed by atoms with Crippen LogP contribution in [0.4, 0.5) is 10.7 Å². The maximum atomic E-state index is 11.7. The zero-order valence-electron chi connectivity index (χ0n) is 9.58. The van der Waals surface area contributed by atoms with Crippen molar-refractivity contribution in [2.24, 2.45) is 0 Å². The minimum Gasteiger partial charge on any atom is -0.401 e. The summed E-state index contributed by atoms with van der Waals surface area (Å²) in [5.74, 6) is -2.24. The van der Waals surface area contributed by atoms with Crippen LogP contribution in [0.1, 0.15) is 5.76 Å². The molecule has 1 N–H and O–H groups in total. The molecule has 1 saturated heterocycles. The summed E-state index contributed by atoms with van der Waals surface area (Å²) in [6.45, 7) is 0. The summed E-state index contributed by atoms with van der Waals surface area (Å²) in [6.07, 6.45) is 1.04. The van der Waals surface area contributed by atoms with Crippen molar-refractivity contribution < 1.29 is 23.7 Å². The number of hydrogen-bond donors (Lipinski definition) is 1. The molecule has 1 aromatic rings. The number of barbiturate groups is 1. The van der Waals surface area contributed by atoms with Crippen LogP contribution in [0.15, 0.2) is 22.1 Å². The van der Waals surface area contributed by atoms with Gasteiger partial charge in [0.15, 0.2) is 0 Å². The van der Waals surface area contributed by atoms with Gasteiger partial charge in [-0.25, -0.2) is 4.79 Å². The fraction of sp³-hybridized carbons (Fsp3) is 0.100. The number of carbonyl (C=O) groups is 3. The highest BCUT2D eigenvalue weighted by Crippen LogP contribution is 2.19. The largest absolute Gasteiger partial charge is 0.433 e. The van der Waals surface area contributed by atoms with Crippen LogP contribution < -0.4 is 5.32 Å². The lowest BCUT2D eigenvalue weighted by molar-refractivity contribution is -0.402. The van der Waals surface area contributed by atoms with Crippen molar-refractivity contribution in [3.05, 3.63) is 33.6 Å². The SMILES string of the molecule is CN1C(=O)NC(=O)C(=Cc2ccc([N+](=O)[O-])o2)C1=O. The molecular weight excluding hydrogens is 258 g/mol. The predicted molar refractivity (Wildman–Crippen MR) is 59.6 cm³/mol. The van der Waals surface area contributed by atoms with Gasteiger partial charge in [0.25, 0.3) is 11.8 Å². The molecule has 19 heavy (non-hydrogen) atoms. The van der Waals surface area contributed by atoms with E-state index in [9.17, 15) is 24.5 Å². The Morgan fingerprint density at radius 3 is 2.63 bits per heavy atom. The Balaban J connectivity index is 2.35. The second kappa shape index (κ2) is 4.37. The maximum Gasteiger partial charge on any atom is 0.433 e. The molecule has 0 unspecified atom stereocenters. The van der Waals surface area contributed by atoms with E-state index >= 15 is 0 Å². The van der Waals surface area contributed by atoms with Gasteiger partial charge in [0.05, 0.1) is 6.07 Å². The number of imide groups is 2. The normalized spacial score (nSPS) is 17.8. The molecule has 2 rings (SSSR count). The minimum atomic E-state index is -0.882. The number of furan rings is 1. The van der Waals surface area contributed by atoms with E-state index in [0.717, 1.165) is 12.1 Å². The van der Waals surface area contributed by atoms with E-state index in [1.54, 1.807) is 0 Å². The fourth-order valence-corrected chi connectivity index (χ4v) is 1.41. The number of urea groups is 1. The fourth-order valence-electron chi connectivity index (χ4n) is 1.41. The van der Waals surface area contributed by atoms with Gasteiger partial charge in [0, 0.05) is 7.05 Å². The third-order valence-corrected chi connectivity index (χ3v) is 2.38. The average molecular weight is 265 g/mol. The monoisotopic (exact) mass is 265 g/mol.